The molecule has 2 rings (SSSR count). The van der Waals surface area contributed by atoms with E-state index in [9.17, 15) is 5.11 Å². The Morgan fingerprint density at radius 1 is 1.24 bits per heavy atom. The van der Waals surface area contributed by atoms with Crippen molar-refractivity contribution in [1.29, 1.82) is 0 Å². The van der Waals surface area contributed by atoms with E-state index >= 15 is 0 Å². The predicted molar refractivity (Wildman–Crippen MR) is 86.5 cm³/mol. The monoisotopic (exact) mass is 291 g/mol. The van der Waals surface area contributed by atoms with E-state index in [4.69, 9.17) is 10.5 Å². The summed E-state index contributed by atoms with van der Waals surface area (Å²) in [7, 11) is 0. The van der Waals surface area contributed by atoms with Crippen LogP contribution in [0.5, 0.6) is 5.75 Å². The van der Waals surface area contributed by atoms with Crippen LogP contribution in [0.4, 0.5) is 0 Å². The second-order valence-electron chi connectivity index (χ2n) is 6.75. The van der Waals surface area contributed by atoms with Crippen molar-refractivity contribution in [1.82, 2.24) is 0 Å². The summed E-state index contributed by atoms with van der Waals surface area (Å²) in [6.45, 7) is 3.43. The molecular formula is C18H29NO2. The van der Waals surface area contributed by atoms with Gasteiger partial charge in [0.05, 0.1) is 12.7 Å². The van der Waals surface area contributed by atoms with Crippen LogP contribution in [0, 0.1) is 5.41 Å². The third kappa shape index (κ3) is 5.33. The van der Waals surface area contributed by atoms with Gasteiger partial charge in [0, 0.05) is 12.0 Å². The number of aliphatic hydroxyl groups is 1. The minimum absolute atomic E-state index is 0.295. The smallest absolute Gasteiger partial charge is 0.119 e. The molecule has 0 aliphatic heterocycles. The van der Waals surface area contributed by atoms with Gasteiger partial charge in [-0.15, -0.1) is 0 Å². The molecule has 1 unspecified atom stereocenters. The Morgan fingerprint density at radius 3 is 2.62 bits per heavy atom. The zero-order valence-electron chi connectivity index (χ0n) is 13.2. The Balaban J connectivity index is 1.91. The molecule has 0 radical (unpaired) electrons. The van der Waals surface area contributed by atoms with Gasteiger partial charge < -0.3 is 15.6 Å². The van der Waals surface area contributed by atoms with Crippen LogP contribution in [0.15, 0.2) is 24.3 Å². The topological polar surface area (TPSA) is 55.5 Å². The number of hydrogen-bond acceptors (Lipinski definition) is 3. The first-order valence-electron chi connectivity index (χ1n) is 8.21. The first-order valence-corrected chi connectivity index (χ1v) is 8.21. The van der Waals surface area contributed by atoms with Crippen molar-refractivity contribution >= 4 is 0 Å². The van der Waals surface area contributed by atoms with Gasteiger partial charge in [-0.05, 0) is 37.0 Å². The number of ether oxygens (including phenoxy) is 1. The molecule has 1 aromatic carbocycles. The number of nitrogens with two attached hydrogens (primary N) is 1. The lowest BCUT2D eigenvalue weighted by molar-refractivity contribution is 0.143. The molecule has 0 bridgehead atoms. The van der Waals surface area contributed by atoms with Crippen LogP contribution >= 0.6 is 0 Å². The Hall–Kier alpha value is -1.06. The molecule has 1 aliphatic rings. The quantitative estimate of drug-likeness (QED) is 0.791. The Morgan fingerprint density at radius 2 is 1.95 bits per heavy atom. The molecule has 118 valence electrons. The van der Waals surface area contributed by atoms with E-state index in [2.05, 4.69) is 6.92 Å². The van der Waals surface area contributed by atoms with Gasteiger partial charge in [-0.25, -0.2) is 0 Å². The molecule has 1 aliphatic carbocycles. The lowest BCUT2D eigenvalue weighted by Gasteiger charge is -2.28. The zero-order chi connectivity index (χ0) is 15.1. The minimum atomic E-state index is -0.473. The molecule has 1 fully saturated rings. The SMILES string of the molecule is CC1(COc2cccc(CC(O)CN)c2)CCCCCC1. The summed E-state index contributed by atoms with van der Waals surface area (Å²) in [5, 5.41) is 9.64. The second-order valence-corrected chi connectivity index (χ2v) is 6.75. The van der Waals surface area contributed by atoms with E-state index in [0.29, 0.717) is 18.4 Å². The molecule has 0 heterocycles. The van der Waals surface area contributed by atoms with Crippen LogP contribution in [-0.4, -0.2) is 24.4 Å². The van der Waals surface area contributed by atoms with E-state index in [0.717, 1.165) is 17.9 Å². The van der Waals surface area contributed by atoms with Gasteiger partial charge in [-0.3, -0.25) is 0 Å². The Labute approximate surface area is 128 Å². The first kappa shape index (κ1) is 16.3. The third-order valence-corrected chi connectivity index (χ3v) is 4.54. The predicted octanol–water partition coefficient (Wildman–Crippen LogP) is 3.29. The normalized spacial score (nSPS) is 19.8. The van der Waals surface area contributed by atoms with Gasteiger partial charge in [0.1, 0.15) is 5.75 Å². The van der Waals surface area contributed by atoms with Crippen LogP contribution in [0.3, 0.4) is 0 Å². The molecule has 0 aromatic heterocycles. The average Bonchev–Trinajstić information content (AvgIpc) is 2.71. The summed E-state index contributed by atoms with van der Waals surface area (Å²) in [4.78, 5) is 0. The summed E-state index contributed by atoms with van der Waals surface area (Å²) in [5.74, 6) is 0.905. The van der Waals surface area contributed by atoms with Gasteiger partial charge in [-0.2, -0.15) is 0 Å². The molecule has 3 N–H and O–H groups in total. The fourth-order valence-corrected chi connectivity index (χ4v) is 3.10. The molecule has 3 nitrogen and oxygen atoms in total. The maximum absolute atomic E-state index is 9.64. The largest absolute Gasteiger partial charge is 0.493 e. The van der Waals surface area contributed by atoms with E-state index in [-0.39, 0.29) is 0 Å². The number of hydrogen-bond donors (Lipinski definition) is 2. The van der Waals surface area contributed by atoms with Crippen molar-refractivity contribution in [3.05, 3.63) is 29.8 Å². The zero-order valence-corrected chi connectivity index (χ0v) is 13.2. The minimum Gasteiger partial charge on any atom is -0.493 e. The molecule has 3 heteroatoms. The fraction of sp³-hybridized carbons (Fsp3) is 0.667. The molecule has 1 aromatic rings. The highest BCUT2D eigenvalue weighted by Crippen LogP contribution is 2.35. The Bertz CT molecular complexity index is 425. The van der Waals surface area contributed by atoms with Crippen molar-refractivity contribution in [3.8, 4) is 5.75 Å². The summed E-state index contributed by atoms with van der Waals surface area (Å²) in [6.07, 6.45) is 8.01. The van der Waals surface area contributed by atoms with Gasteiger partial charge >= 0.3 is 0 Å². The van der Waals surface area contributed by atoms with Gasteiger partial charge in [0.25, 0.3) is 0 Å². The first-order chi connectivity index (χ1) is 10.1. The molecule has 0 amide bonds. The van der Waals surface area contributed by atoms with Crippen LogP contribution in [0.25, 0.3) is 0 Å². The summed E-state index contributed by atoms with van der Waals surface area (Å²) < 4.78 is 6.05. The molecule has 21 heavy (non-hydrogen) atoms. The van der Waals surface area contributed by atoms with Gasteiger partial charge in [0.2, 0.25) is 0 Å². The van der Waals surface area contributed by atoms with E-state index in [1.807, 2.05) is 24.3 Å². The van der Waals surface area contributed by atoms with Crippen molar-refractivity contribution < 1.29 is 9.84 Å². The van der Waals surface area contributed by atoms with Crippen LogP contribution in [-0.2, 0) is 6.42 Å². The fourth-order valence-electron chi connectivity index (χ4n) is 3.10. The summed E-state index contributed by atoms with van der Waals surface area (Å²) in [5.41, 5.74) is 6.85. The molecule has 1 saturated carbocycles. The van der Waals surface area contributed by atoms with Crippen molar-refractivity contribution in [2.75, 3.05) is 13.2 Å². The lowest BCUT2D eigenvalue weighted by atomic mass is 9.83. The summed E-state index contributed by atoms with van der Waals surface area (Å²) >= 11 is 0. The lowest BCUT2D eigenvalue weighted by Crippen LogP contribution is -2.24. The highest BCUT2D eigenvalue weighted by molar-refractivity contribution is 5.29. The Kier molecular flexibility index (Phi) is 6.07. The van der Waals surface area contributed by atoms with Gasteiger partial charge in [0.15, 0.2) is 0 Å². The van der Waals surface area contributed by atoms with E-state index in [1.54, 1.807) is 0 Å². The van der Waals surface area contributed by atoms with Crippen molar-refractivity contribution in [2.24, 2.45) is 11.1 Å². The third-order valence-electron chi connectivity index (χ3n) is 4.54. The van der Waals surface area contributed by atoms with Crippen LogP contribution < -0.4 is 10.5 Å². The van der Waals surface area contributed by atoms with Crippen LogP contribution in [0.1, 0.15) is 51.0 Å². The molecule has 1 atom stereocenters. The number of rotatable bonds is 6. The average molecular weight is 291 g/mol. The van der Waals surface area contributed by atoms with Gasteiger partial charge in [-0.1, -0.05) is 44.7 Å². The van der Waals surface area contributed by atoms with Crippen LogP contribution in [0.2, 0.25) is 0 Å². The van der Waals surface area contributed by atoms with Crippen molar-refractivity contribution in [2.45, 2.75) is 58.0 Å². The summed E-state index contributed by atoms with van der Waals surface area (Å²) in [6, 6.07) is 8.03. The molecule has 0 spiro atoms. The maximum Gasteiger partial charge on any atom is 0.119 e. The second kappa shape index (κ2) is 7.81. The van der Waals surface area contributed by atoms with E-state index in [1.165, 1.54) is 38.5 Å². The molecule has 0 saturated heterocycles. The highest BCUT2D eigenvalue weighted by atomic mass is 16.5. The maximum atomic E-state index is 9.64. The number of aliphatic hydroxyl groups excluding tert-OH is 1. The van der Waals surface area contributed by atoms with Crippen molar-refractivity contribution in [3.63, 3.8) is 0 Å². The molecular weight excluding hydrogens is 262 g/mol. The number of benzene rings is 1. The standard InChI is InChI=1S/C18H29NO2/c1-18(9-4-2-3-5-10-18)14-21-17-8-6-7-15(12-17)11-16(20)13-19/h6-8,12,16,20H,2-5,9-11,13-14,19H2,1H3. The highest BCUT2D eigenvalue weighted by Gasteiger charge is 2.26. The van der Waals surface area contributed by atoms with E-state index < -0.39 is 6.10 Å².